The first-order valence-corrected chi connectivity index (χ1v) is 14.7. The highest BCUT2D eigenvalue weighted by Crippen LogP contribution is 2.42. The number of halogens is 3. The fourth-order valence-corrected chi connectivity index (χ4v) is 6.11. The Kier molecular flexibility index (Phi) is 9.72. The van der Waals surface area contributed by atoms with Gasteiger partial charge in [0.2, 0.25) is 5.91 Å². The van der Waals surface area contributed by atoms with E-state index >= 15 is 0 Å². The number of amides is 2. The fraction of sp³-hybridized carbons (Fsp3) is 0.548. The minimum atomic E-state index is -5.02. The summed E-state index contributed by atoms with van der Waals surface area (Å²) in [5.74, 6) is -2.60. The molecular weight excluding hydrogens is 567 g/mol. The molecule has 3 aliphatic heterocycles. The summed E-state index contributed by atoms with van der Waals surface area (Å²) in [5.41, 5.74) is 3.27. The maximum atomic E-state index is 12.9. The average molecular weight is 606 g/mol. The number of ether oxygens (including phenoxy) is 2. The summed E-state index contributed by atoms with van der Waals surface area (Å²) in [6.45, 7) is 4.05. The van der Waals surface area contributed by atoms with Crippen LogP contribution in [0.15, 0.2) is 48.5 Å². The van der Waals surface area contributed by atoms with Crippen LogP contribution in [0.1, 0.15) is 60.8 Å². The molecular formula is C31H38F3N3O6. The Balaban J connectivity index is 1.25. The number of carbonyl (C=O) groups excluding carboxylic acids is 2. The van der Waals surface area contributed by atoms with E-state index in [0.717, 1.165) is 35.2 Å². The third kappa shape index (κ3) is 7.38. The number of nitrogens with one attached hydrogen (secondary N) is 1. The van der Waals surface area contributed by atoms with E-state index in [1.165, 1.54) is 0 Å². The molecule has 3 aliphatic rings. The van der Waals surface area contributed by atoms with Crippen molar-refractivity contribution in [1.82, 2.24) is 15.1 Å². The molecule has 0 unspecified atom stereocenters. The van der Waals surface area contributed by atoms with Crippen molar-refractivity contribution in [2.45, 2.75) is 76.2 Å². The molecule has 0 radical (unpaired) electrons. The molecule has 3 heterocycles. The number of carbonyl (C=O) groups is 2. The molecule has 3 saturated heterocycles. The first-order valence-electron chi connectivity index (χ1n) is 14.7. The van der Waals surface area contributed by atoms with Crippen LogP contribution in [0.5, 0.6) is 0 Å². The highest BCUT2D eigenvalue weighted by Gasteiger charge is 2.47. The second kappa shape index (κ2) is 13.3. The van der Waals surface area contributed by atoms with Gasteiger partial charge in [-0.15, -0.1) is 0 Å². The summed E-state index contributed by atoms with van der Waals surface area (Å²) in [5, 5.41) is 22.1. The van der Waals surface area contributed by atoms with Gasteiger partial charge in [-0.25, -0.2) is 0 Å². The van der Waals surface area contributed by atoms with Crippen molar-refractivity contribution >= 4 is 11.8 Å². The van der Waals surface area contributed by atoms with Crippen LogP contribution < -0.4 is 5.32 Å². The van der Waals surface area contributed by atoms with Crippen molar-refractivity contribution in [3.63, 3.8) is 0 Å². The SMILES string of the molecule is C[C@H]1[C@@H](CN2CC[C@H](O)C2)O[C@@H](c2ccc(CNC(=O)[C@@H]3CCCN3C(=O)C(F)(F)F)cc2)O[C@H]1c1ccc(CO)cc1. The maximum Gasteiger partial charge on any atom is 0.471 e. The third-order valence-electron chi connectivity index (χ3n) is 8.59. The van der Waals surface area contributed by atoms with Crippen molar-refractivity contribution in [3.05, 3.63) is 70.8 Å². The van der Waals surface area contributed by atoms with Crippen LogP contribution in [0.25, 0.3) is 0 Å². The Labute approximate surface area is 248 Å². The third-order valence-corrected chi connectivity index (χ3v) is 8.59. The van der Waals surface area contributed by atoms with E-state index in [1.807, 2.05) is 36.4 Å². The van der Waals surface area contributed by atoms with Crippen LogP contribution in [-0.4, -0.2) is 82.4 Å². The number of aliphatic hydroxyl groups excluding tert-OH is 2. The molecule has 3 fully saturated rings. The zero-order chi connectivity index (χ0) is 30.7. The smallest absolute Gasteiger partial charge is 0.392 e. The van der Waals surface area contributed by atoms with Crippen molar-refractivity contribution in [2.24, 2.45) is 5.92 Å². The van der Waals surface area contributed by atoms with Gasteiger partial charge < -0.3 is 29.9 Å². The molecule has 43 heavy (non-hydrogen) atoms. The molecule has 5 rings (SSSR count). The fourth-order valence-electron chi connectivity index (χ4n) is 6.11. The lowest BCUT2D eigenvalue weighted by atomic mass is 9.90. The Bertz CT molecular complexity index is 1260. The molecule has 0 saturated carbocycles. The summed E-state index contributed by atoms with van der Waals surface area (Å²) in [6, 6.07) is 13.8. The van der Waals surface area contributed by atoms with Crippen molar-refractivity contribution < 1.29 is 42.4 Å². The number of benzene rings is 2. The quantitative estimate of drug-likeness (QED) is 0.424. The van der Waals surface area contributed by atoms with Crippen LogP contribution >= 0.6 is 0 Å². The number of hydrogen-bond donors (Lipinski definition) is 3. The number of hydrogen-bond acceptors (Lipinski definition) is 7. The molecule has 9 nitrogen and oxygen atoms in total. The summed E-state index contributed by atoms with van der Waals surface area (Å²) < 4.78 is 51.7. The van der Waals surface area contributed by atoms with Gasteiger partial charge in [-0.3, -0.25) is 14.5 Å². The zero-order valence-electron chi connectivity index (χ0n) is 24.0. The zero-order valence-corrected chi connectivity index (χ0v) is 24.0. The van der Waals surface area contributed by atoms with E-state index in [4.69, 9.17) is 9.47 Å². The Morgan fingerprint density at radius 1 is 0.977 bits per heavy atom. The van der Waals surface area contributed by atoms with Gasteiger partial charge in [-0.1, -0.05) is 55.5 Å². The van der Waals surface area contributed by atoms with Crippen molar-refractivity contribution in [1.29, 1.82) is 0 Å². The Hall–Kier alpha value is -3.03. The number of aliphatic hydroxyl groups is 2. The predicted molar refractivity (Wildman–Crippen MR) is 149 cm³/mol. The number of nitrogens with zero attached hydrogens (tertiary/aromatic N) is 2. The number of likely N-dealkylation sites (tertiary alicyclic amines) is 2. The summed E-state index contributed by atoms with van der Waals surface area (Å²) in [6.07, 6.45) is -5.26. The Morgan fingerprint density at radius 3 is 2.28 bits per heavy atom. The highest BCUT2D eigenvalue weighted by molar-refractivity contribution is 5.90. The second-order valence-electron chi connectivity index (χ2n) is 11.6. The van der Waals surface area contributed by atoms with E-state index in [-0.39, 0.29) is 50.3 Å². The van der Waals surface area contributed by atoms with Crippen LogP contribution in [-0.2, 0) is 32.2 Å². The monoisotopic (exact) mass is 605 g/mol. The lowest BCUT2D eigenvalue weighted by Crippen LogP contribution is -2.50. The molecule has 6 atom stereocenters. The summed E-state index contributed by atoms with van der Waals surface area (Å²) in [7, 11) is 0. The molecule has 2 aromatic rings. The first kappa shape index (κ1) is 31.4. The molecule has 2 amide bonds. The molecule has 2 aromatic carbocycles. The minimum absolute atomic E-state index is 0.00263. The maximum absolute atomic E-state index is 12.9. The van der Waals surface area contributed by atoms with E-state index in [9.17, 15) is 33.0 Å². The summed E-state index contributed by atoms with van der Waals surface area (Å²) in [4.78, 5) is 27.2. The van der Waals surface area contributed by atoms with Gasteiger partial charge in [0.1, 0.15) is 6.04 Å². The standard InChI is InChI=1S/C31H38F3N3O6/c1-19-26(17-36-14-12-24(39)16-36)42-29(43-27(19)22-8-6-21(18-38)7-9-22)23-10-4-20(5-11-23)15-35-28(40)25-3-2-13-37(25)30(41)31(32,33)34/h4-11,19,24-27,29,38-39H,2-3,12-18H2,1H3,(H,35,40)/t19-,24-,25-,26+,27+,29+/m0/s1. The molecule has 12 heteroatoms. The van der Waals surface area contributed by atoms with Crippen molar-refractivity contribution in [3.8, 4) is 0 Å². The molecule has 0 aromatic heterocycles. The number of alkyl halides is 3. The van der Waals surface area contributed by atoms with Gasteiger partial charge in [0.25, 0.3) is 0 Å². The number of β-amino-alcohol motifs (C(OH)–C–C–N with tert-alkyl or cyclic N) is 1. The lowest BCUT2D eigenvalue weighted by Gasteiger charge is -2.42. The van der Waals surface area contributed by atoms with Gasteiger partial charge in [-0.2, -0.15) is 13.2 Å². The highest BCUT2D eigenvalue weighted by atomic mass is 19.4. The van der Waals surface area contributed by atoms with E-state index in [0.29, 0.717) is 24.4 Å². The largest absolute Gasteiger partial charge is 0.471 e. The van der Waals surface area contributed by atoms with Gasteiger partial charge in [0.15, 0.2) is 6.29 Å². The van der Waals surface area contributed by atoms with E-state index in [1.54, 1.807) is 12.1 Å². The molecule has 0 aliphatic carbocycles. The van der Waals surface area contributed by atoms with Gasteiger partial charge in [0, 0.05) is 44.2 Å². The van der Waals surface area contributed by atoms with Gasteiger partial charge in [-0.05, 0) is 36.0 Å². The van der Waals surface area contributed by atoms with Gasteiger partial charge in [0.05, 0.1) is 24.9 Å². The minimum Gasteiger partial charge on any atom is -0.392 e. The second-order valence-corrected chi connectivity index (χ2v) is 11.6. The predicted octanol–water partition coefficient (Wildman–Crippen LogP) is 3.21. The van der Waals surface area contributed by atoms with Crippen LogP contribution in [0.2, 0.25) is 0 Å². The molecule has 3 N–H and O–H groups in total. The van der Waals surface area contributed by atoms with Crippen LogP contribution in [0.4, 0.5) is 13.2 Å². The van der Waals surface area contributed by atoms with Crippen LogP contribution in [0.3, 0.4) is 0 Å². The molecule has 0 spiro atoms. The molecule has 234 valence electrons. The van der Waals surface area contributed by atoms with Gasteiger partial charge >= 0.3 is 12.1 Å². The summed E-state index contributed by atoms with van der Waals surface area (Å²) >= 11 is 0. The van der Waals surface area contributed by atoms with E-state index in [2.05, 4.69) is 17.1 Å². The lowest BCUT2D eigenvalue weighted by molar-refractivity contribution is -0.276. The van der Waals surface area contributed by atoms with E-state index < -0.39 is 30.3 Å². The molecule has 0 bridgehead atoms. The Morgan fingerprint density at radius 2 is 1.65 bits per heavy atom. The number of rotatable bonds is 8. The normalized spacial score (nSPS) is 28.3. The van der Waals surface area contributed by atoms with Crippen molar-refractivity contribution in [2.75, 3.05) is 26.2 Å². The average Bonchev–Trinajstić information content (AvgIpc) is 3.65. The first-order chi connectivity index (χ1) is 20.5. The van der Waals surface area contributed by atoms with Crippen LogP contribution in [0, 0.1) is 5.92 Å². The topological polar surface area (TPSA) is 112 Å².